The number of fused-ring (bicyclic) bond motifs is 1. The number of hydrogen-bond donors (Lipinski definition) is 0. The van der Waals surface area contributed by atoms with Gasteiger partial charge in [0.15, 0.2) is 5.92 Å². The maximum absolute atomic E-state index is 13.5. The number of rotatable bonds is 3. The van der Waals surface area contributed by atoms with Gasteiger partial charge in [-0.15, -0.1) is 0 Å². The molecule has 8 heteroatoms. The Hall–Kier alpha value is -2.64. The molecule has 126 valence electrons. The zero-order valence-corrected chi connectivity index (χ0v) is 12.7. The number of methoxy groups -OCH3 is 1. The second-order valence-corrected chi connectivity index (χ2v) is 5.30. The molecular formula is C16H14F3N3O2. The van der Waals surface area contributed by atoms with Crippen LogP contribution in [-0.4, -0.2) is 35.8 Å². The summed E-state index contributed by atoms with van der Waals surface area (Å²) in [6, 6.07) is 6.19. The second kappa shape index (κ2) is 6.10. The summed E-state index contributed by atoms with van der Waals surface area (Å²) < 4.78 is 44.9. The smallest absolute Gasteiger partial charge is 0.406 e. The fourth-order valence-corrected chi connectivity index (χ4v) is 2.90. The predicted octanol–water partition coefficient (Wildman–Crippen LogP) is 2.99. The Morgan fingerprint density at radius 3 is 2.58 bits per heavy atom. The van der Waals surface area contributed by atoms with Crippen molar-refractivity contribution < 1.29 is 22.7 Å². The molecule has 0 bridgehead atoms. The van der Waals surface area contributed by atoms with Crippen LogP contribution in [0.5, 0.6) is 0 Å². The lowest BCUT2D eigenvalue weighted by Crippen LogP contribution is -2.31. The maximum atomic E-state index is 13.5. The Labute approximate surface area is 136 Å². The van der Waals surface area contributed by atoms with Crippen LogP contribution in [0.3, 0.4) is 0 Å². The van der Waals surface area contributed by atoms with Crippen molar-refractivity contribution in [3.05, 3.63) is 47.8 Å². The summed E-state index contributed by atoms with van der Waals surface area (Å²) in [5.41, 5.74) is 0.909. The molecule has 24 heavy (non-hydrogen) atoms. The molecule has 0 N–H and O–H groups in total. The summed E-state index contributed by atoms with van der Waals surface area (Å²) in [7, 11) is 0.947. The van der Waals surface area contributed by atoms with E-state index < -0.39 is 18.1 Å². The maximum Gasteiger partial charge on any atom is 0.406 e. The molecule has 0 amide bonds. The van der Waals surface area contributed by atoms with E-state index in [2.05, 4.69) is 14.7 Å². The Morgan fingerprint density at radius 2 is 1.96 bits per heavy atom. The molecule has 5 nitrogen and oxygen atoms in total. The summed E-state index contributed by atoms with van der Waals surface area (Å²) in [6.07, 6.45) is -1.17. The molecule has 1 aliphatic heterocycles. The van der Waals surface area contributed by atoms with Crippen molar-refractivity contribution in [2.45, 2.75) is 18.5 Å². The van der Waals surface area contributed by atoms with E-state index >= 15 is 0 Å². The van der Waals surface area contributed by atoms with Gasteiger partial charge in [-0.1, -0.05) is 18.2 Å². The van der Waals surface area contributed by atoms with Crippen LogP contribution in [0.15, 0.2) is 36.7 Å². The van der Waals surface area contributed by atoms with E-state index in [9.17, 15) is 18.0 Å². The monoisotopic (exact) mass is 337 g/mol. The molecule has 1 aromatic carbocycles. The minimum Gasteiger partial charge on any atom is -0.468 e. The molecule has 2 heterocycles. The van der Waals surface area contributed by atoms with Gasteiger partial charge < -0.3 is 9.64 Å². The van der Waals surface area contributed by atoms with E-state index in [4.69, 9.17) is 0 Å². The highest BCUT2D eigenvalue weighted by Crippen LogP contribution is 2.44. The molecule has 1 aromatic heterocycles. The van der Waals surface area contributed by atoms with Crippen LogP contribution in [0, 0.1) is 0 Å². The number of benzene rings is 1. The van der Waals surface area contributed by atoms with Crippen molar-refractivity contribution in [1.82, 2.24) is 9.97 Å². The van der Waals surface area contributed by atoms with Crippen molar-refractivity contribution in [1.29, 1.82) is 0 Å². The van der Waals surface area contributed by atoms with Crippen molar-refractivity contribution >= 4 is 17.6 Å². The number of para-hydroxylation sites is 1. The Bertz CT molecular complexity index is 750. The fraction of sp³-hybridized carbons (Fsp3) is 0.312. The average Bonchev–Trinajstić information content (AvgIpc) is 2.99. The third kappa shape index (κ3) is 2.79. The largest absolute Gasteiger partial charge is 0.468 e. The highest BCUT2D eigenvalue weighted by molar-refractivity contribution is 5.84. The van der Waals surface area contributed by atoms with Crippen molar-refractivity contribution in [3.63, 3.8) is 0 Å². The number of nitrogens with zero attached hydrogens (tertiary/aromatic N) is 3. The summed E-state index contributed by atoms with van der Waals surface area (Å²) in [6.45, 7) is 0.447. The van der Waals surface area contributed by atoms with Crippen molar-refractivity contribution in [2.24, 2.45) is 0 Å². The predicted molar refractivity (Wildman–Crippen MR) is 80.0 cm³/mol. The molecule has 2 aromatic rings. The minimum absolute atomic E-state index is 0.142. The van der Waals surface area contributed by atoms with Gasteiger partial charge in [0.05, 0.1) is 12.8 Å². The first kappa shape index (κ1) is 16.2. The quantitative estimate of drug-likeness (QED) is 0.806. The summed E-state index contributed by atoms with van der Waals surface area (Å²) in [5, 5.41) is 0. The van der Waals surface area contributed by atoms with Gasteiger partial charge in [-0.2, -0.15) is 13.2 Å². The number of alkyl halides is 3. The molecule has 1 aliphatic rings. The third-order valence-corrected chi connectivity index (χ3v) is 3.89. The van der Waals surface area contributed by atoms with Crippen molar-refractivity contribution in [3.8, 4) is 0 Å². The molecule has 0 aliphatic carbocycles. The number of carbonyl (C=O) groups excluding carboxylic acids is 1. The van der Waals surface area contributed by atoms with Gasteiger partial charge in [0, 0.05) is 18.9 Å². The fourth-order valence-electron chi connectivity index (χ4n) is 2.90. The molecule has 1 unspecified atom stereocenters. The first-order valence-electron chi connectivity index (χ1n) is 7.24. The molecule has 0 saturated heterocycles. The zero-order valence-electron chi connectivity index (χ0n) is 12.7. The molecule has 0 saturated carbocycles. The van der Waals surface area contributed by atoms with Crippen LogP contribution in [0.2, 0.25) is 0 Å². The lowest BCUT2D eigenvalue weighted by molar-refractivity contribution is -0.179. The number of anilines is 2. The van der Waals surface area contributed by atoms with E-state index in [1.165, 1.54) is 24.5 Å². The van der Waals surface area contributed by atoms with Crippen LogP contribution in [0.4, 0.5) is 24.8 Å². The molecule has 1 atom stereocenters. The zero-order chi connectivity index (χ0) is 17.3. The van der Waals surface area contributed by atoms with Gasteiger partial charge in [-0.25, -0.2) is 9.97 Å². The number of aromatic nitrogens is 2. The summed E-state index contributed by atoms with van der Waals surface area (Å²) >= 11 is 0. The summed E-state index contributed by atoms with van der Waals surface area (Å²) in [4.78, 5) is 21.6. The van der Waals surface area contributed by atoms with E-state index in [0.29, 0.717) is 24.6 Å². The lowest BCUT2D eigenvalue weighted by atomic mass is 9.94. The standard InChI is InChI=1S/C16H14F3N3O2/c1-24-14(23)12(16(17,18)19)11-5-2-4-10-6-9-22(13(10)11)15-20-7-3-8-21-15/h2-5,7-8,12H,6,9H2,1H3. The first-order chi connectivity index (χ1) is 11.4. The molecule has 0 radical (unpaired) electrons. The number of esters is 1. The van der Waals surface area contributed by atoms with E-state index in [-0.39, 0.29) is 5.56 Å². The number of carbonyl (C=O) groups is 1. The minimum atomic E-state index is -4.76. The average molecular weight is 337 g/mol. The highest BCUT2D eigenvalue weighted by Gasteiger charge is 2.49. The molecule has 0 spiro atoms. The SMILES string of the molecule is COC(=O)C(c1cccc2c1N(c1ncccn1)CC2)C(F)(F)F. The van der Waals surface area contributed by atoms with Crippen LogP contribution < -0.4 is 4.90 Å². The van der Waals surface area contributed by atoms with Crippen LogP contribution in [0.25, 0.3) is 0 Å². The summed E-state index contributed by atoms with van der Waals surface area (Å²) in [5.74, 6) is -3.38. The number of hydrogen-bond acceptors (Lipinski definition) is 5. The lowest BCUT2D eigenvalue weighted by Gasteiger charge is -2.25. The Morgan fingerprint density at radius 1 is 1.25 bits per heavy atom. The van der Waals surface area contributed by atoms with Gasteiger partial charge in [0.25, 0.3) is 0 Å². The van der Waals surface area contributed by atoms with E-state index in [1.54, 1.807) is 17.0 Å². The number of halogens is 3. The Balaban J connectivity index is 2.14. The van der Waals surface area contributed by atoms with Crippen LogP contribution >= 0.6 is 0 Å². The topological polar surface area (TPSA) is 55.3 Å². The third-order valence-electron chi connectivity index (χ3n) is 3.89. The van der Waals surface area contributed by atoms with Crippen LogP contribution in [0.1, 0.15) is 17.0 Å². The number of ether oxygens (including phenoxy) is 1. The van der Waals surface area contributed by atoms with Crippen molar-refractivity contribution in [2.75, 3.05) is 18.6 Å². The highest BCUT2D eigenvalue weighted by atomic mass is 19.4. The normalized spacial score (nSPS) is 15.1. The van der Waals surface area contributed by atoms with Gasteiger partial charge in [0.2, 0.25) is 5.95 Å². The van der Waals surface area contributed by atoms with Gasteiger partial charge >= 0.3 is 12.1 Å². The van der Waals surface area contributed by atoms with E-state index in [0.717, 1.165) is 12.7 Å². The van der Waals surface area contributed by atoms with Gasteiger partial charge in [-0.05, 0) is 23.6 Å². The molecular weight excluding hydrogens is 323 g/mol. The van der Waals surface area contributed by atoms with Gasteiger partial charge in [0.1, 0.15) is 0 Å². The Kier molecular flexibility index (Phi) is 4.13. The van der Waals surface area contributed by atoms with Crippen LogP contribution in [-0.2, 0) is 16.0 Å². The van der Waals surface area contributed by atoms with Gasteiger partial charge in [-0.3, -0.25) is 4.79 Å². The molecule has 0 fully saturated rings. The van der Waals surface area contributed by atoms with E-state index in [1.807, 2.05) is 0 Å². The first-order valence-corrected chi connectivity index (χ1v) is 7.24. The second-order valence-electron chi connectivity index (χ2n) is 5.30. The molecule has 3 rings (SSSR count).